The smallest absolute Gasteiger partial charge is 0.361 e. The number of carboxylic acid groups (broad SMARTS) is 1. The Morgan fingerprint density at radius 3 is 0.842 bits per heavy atom. The number of unbranched alkanes of at least 4 members (excludes halogenated alkanes) is 20. The Morgan fingerprint density at radius 1 is 0.316 bits per heavy atom. The van der Waals surface area contributed by atoms with Crippen LogP contribution in [0, 0.1) is 0 Å². The van der Waals surface area contributed by atoms with Gasteiger partial charge in [0, 0.05) is 12.8 Å². The molecule has 2 unspecified atom stereocenters. The molecule has 1 N–H and O–H groups in total. The molecular weight excluding hydrogens is 1170 g/mol. The highest BCUT2D eigenvalue weighted by atomic mass is 16.7. The first kappa shape index (κ1) is 89.1. The Morgan fingerprint density at radius 2 is 0.568 bits per heavy atom. The fourth-order valence-corrected chi connectivity index (χ4v) is 9.69. The summed E-state index contributed by atoms with van der Waals surface area (Å²) >= 11 is 0. The lowest BCUT2D eigenvalue weighted by atomic mass is 10.0. The molecule has 0 aromatic heterocycles. The number of carbonyl (C=O) groups is 3. The van der Waals surface area contributed by atoms with Crippen LogP contribution in [0.2, 0.25) is 0 Å². The predicted octanol–water partition coefficient (Wildman–Crippen LogP) is 24.1. The minimum absolute atomic E-state index is 0.174. The minimum Gasteiger partial charge on any atom is -0.477 e. The Hall–Kier alpha value is -5.87. The summed E-state index contributed by atoms with van der Waals surface area (Å²) in [6, 6.07) is 0. The number of quaternary nitrogens is 1. The van der Waals surface area contributed by atoms with Gasteiger partial charge in [-0.3, -0.25) is 9.59 Å². The SMILES string of the molecule is CC/C=C\C/C=C\C/C=C\C/C=C\C/C=C\C/C=C\C/C=C\C/C=C\CCCCCCCCCCCCCCCCCCC(=O)OC(COC(=O)CCCCCC/C=C\C/C=C\C/C=C\C/C=C\C/C=C\C/C=C\C/C=C\C/C=C\CC)COC(OCC[N+](C)(C)C)C(=O)O. The number of allylic oxidation sites excluding steroid dienone is 32. The van der Waals surface area contributed by atoms with Gasteiger partial charge in [-0.15, -0.1) is 0 Å². The number of hydrogen-bond acceptors (Lipinski definition) is 7. The van der Waals surface area contributed by atoms with Crippen molar-refractivity contribution in [1.29, 1.82) is 0 Å². The van der Waals surface area contributed by atoms with Crippen LogP contribution >= 0.6 is 0 Å². The van der Waals surface area contributed by atoms with E-state index < -0.39 is 24.3 Å². The van der Waals surface area contributed by atoms with Gasteiger partial charge in [-0.25, -0.2) is 4.79 Å². The normalized spacial score (nSPS) is 13.8. The van der Waals surface area contributed by atoms with Gasteiger partial charge < -0.3 is 28.5 Å². The first-order valence-electron chi connectivity index (χ1n) is 37.6. The second kappa shape index (κ2) is 73.9. The molecule has 534 valence electrons. The molecule has 9 nitrogen and oxygen atoms in total. The van der Waals surface area contributed by atoms with Crippen molar-refractivity contribution < 1.29 is 42.9 Å². The van der Waals surface area contributed by atoms with Crippen LogP contribution in [0.4, 0.5) is 0 Å². The molecule has 0 fully saturated rings. The highest BCUT2D eigenvalue weighted by Gasteiger charge is 2.25. The van der Waals surface area contributed by atoms with Crippen molar-refractivity contribution in [2.45, 2.75) is 283 Å². The summed E-state index contributed by atoms with van der Waals surface area (Å²) in [5.74, 6) is -2.05. The lowest BCUT2D eigenvalue weighted by Crippen LogP contribution is -2.40. The molecule has 9 heteroatoms. The number of likely N-dealkylation sites (N-methyl/N-ethyl adjacent to an activating group) is 1. The van der Waals surface area contributed by atoms with E-state index in [0.717, 1.165) is 148 Å². The number of esters is 2. The molecule has 0 spiro atoms. The Kier molecular flexibility index (Phi) is 69.4. The Labute approximate surface area is 582 Å². The van der Waals surface area contributed by atoms with Crippen molar-refractivity contribution >= 4 is 17.9 Å². The van der Waals surface area contributed by atoms with Gasteiger partial charge in [0.15, 0.2) is 6.10 Å². The van der Waals surface area contributed by atoms with Crippen LogP contribution < -0.4 is 0 Å². The van der Waals surface area contributed by atoms with E-state index in [1.54, 1.807) is 0 Å². The van der Waals surface area contributed by atoms with Crippen molar-refractivity contribution in [3.8, 4) is 0 Å². The highest BCUT2D eigenvalue weighted by molar-refractivity contribution is 5.71. The van der Waals surface area contributed by atoms with E-state index in [4.69, 9.17) is 18.9 Å². The molecule has 0 radical (unpaired) electrons. The van der Waals surface area contributed by atoms with E-state index in [0.29, 0.717) is 23.9 Å². The summed E-state index contributed by atoms with van der Waals surface area (Å²) in [6.45, 7) is 4.61. The highest BCUT2D eigenvalue weighted by Crippen LogP contribution is 2.16. The van der Waals surface area contributed by atoms with Crippen molar-refractivity contribution in [3.05, 3.63) is 194 Å². The first-order valence-corrected chi connectivity index (χ1v) is 37.6. The van der Waals surface area contributed by atoms with Crippen LogP contribution in [0.5, 0.6) is 0 Å². The van der Waals surface area contributed by atoms with E-state index in [2.05, 4.69) is 208 Å². The number of rotatable bonds is 67. The molecule has 0 aliphatic carbocycles. The van der Waals surface area contributed by atoms with Crippen molar-refractivity contribution in [3.63, 3.8) is 0 Å². The average molecular weight is 1310 g/mol. The molecule has 0 aromatic carbocycles. The molecule has 95 heavy (non-hydrogen) atoms. The van der Waals surface area contributed by atoms with Gasteiger partial charge in [0.25, 0.3) is 6.29 Å². The molecule has 0 bridgehead atoms. The number of carboxylic acids is 1. The van der Waals surface area contributed by atoms with Crippen molar-refractivity contribution in [1.82, 2.24) is 0 Å². The molecule has 0 amide bonds. The molecule has 0 aliphatic rings. The fraction of sp³-hybridized carbons (Fsp3) is 0.593. The van der Waals surface area contributed by atoms with Crippen molar-refractivity contribution in [2.24, 2.45) is 0 Å². The van der Waals surface area contributed by atoms with E-state index in [1.165, 1.54) is 83.5 Å². The maximum atomic E-state index is 13.0. The van der Waals surface area contributed by atoms with E-state index in [1.807, 2.05) is 21.1 Å². The quantitative estimate of drug-likeness (QED) is 0.0211. The fourth-order valence-electron chi connectivity index (χ4n) is 9.69. The van der Waals surface area contributed by atoms with Crippen LogP contribution in [0.15, 0.2) is 194 Å². The Bertz CT molecular complexity index is 2270. The third-order valence-corrected chi connectivity index (χ3v) is 15.3. The molecule has 2 atom stereocenters. The van der Waals surface area contributed by atoms with Gasteiger partial charge >= 0.3 is 17.9 Å². The van der Waals surface area contributed by atoms with Gasteiger partial charge in [-0.05, 0) is 141 Å². The lowest BCUT2D eigenvalue weighted by Gasteiger charge is -2.25. The second-order valence-electron chi connectivity index (χ2n) is 25.5. The largest absolute Gasteiger partial charge is 0.477 e. The molecule has 0 saturated carbocycles. The molecule has 0 heterocycles. The first-order chi connectivity index (χ1) is 46.6. The summed E-state index contributed by atoms with van der Waals surface area (Å²) in [5.41, 5.74) is 0. The van der Waals surface area contributed by atoms with Crippen LogP contribution in [0.25, 0.3) is 0 Å². The van der Waals surface area contributed by atoms with Gasteiger partial charge in [0.2, 0.25) is 0 Å². The topological polar surface area (TPSA) is 108 Å². The summed E-state index contributed by atoms with van der Waals surface area (Å²) in [6.07, 6.45) is 111. The third-order valence-electron chi connectivity index (χ3n) is 15.3. The van der Waals surface area contributed by atoms with Gasteiger partial charge in [0.1, 0.15) is 13.2 Å². The van der Waals surface area contributed by atoms with E-state index >= 15 is 0 Å². The van der Waals surface area contributed by atoms with Crippen molar-refractivity contribution in [2.75, 3.05) is 47.5 Å². The maximum Gasteiger partial charge on any atom is 0.361 e. The summed E-state index contributed by atoms with van der Waals surface area (Å²) in [5, 5.41) is 9.76. The summed E-state index contributed by atoms with van der Waals surface area (Å²) in [4.78, 5) is 37.7. The van der Waals surface area contributed by atoms with E-state index in [-0.39, 0.29) is 38.6 Å². The monoisotopic (exact) mass is 1310 g/mol. The lowest BCUT2D eigenvalue weighted by molar-refractivity contribution is -0.870. The Balaban J connectivity index is 4.15. The number of ether oxygens (including phenoxy) is 4. The number of aliphatic carboxylic acids is 1. The number of nitrogens with zero attached hydrogens (tertiary/aromatic N) is 1. The third kappa shape index (κ3) is 75.4. The molecular formula is C86H138NO8+. The zero-order valence-corrected chi connectivity index (χ0v) is 61.0. The van der Waals surface area contributed by atoms with Gasteiger partial charge in [-0.1, -0.05) is 311 Å². The summed E-state index contributed by atoms with van der Waals surface area (Å²) < 4.78 is 23.0. The van der Waals surface area contributed by atoms with Gasteiger partial charge in [0.05, 0.1) is 34.4 Å². The molecule has 0 saturated heterocycles. The van der Waals surface area contributed by atoms with Crippen LogP contribution in [0.1, 0.15) is 271 Å². The van der Waals surface area contributed by atoms with E-state index in [9.17, 15) is 19.5 Å². The molecule has 0 rings (SSSR count). The predicted molar refractivity (Wildman–Crippen MR) is 409 cm³/mol. The standard InChI is InChI=1S/C86H137NO8/c1-6-8-10-12-14-16-18-20-22-24-26-28-30-32-34-36-37-38-39-40-41-42-43-44-45-46-47-49-51-53-55-57-59-61-63-65-67-69-71-73-75-77-84(89)95-82(81-94-86(85(90)91)92-79-78-87(3,4)5)80-93-83(88)76-74-72-70-68-66-64-62-60-58-56-54-52-50-48-35-33-31-29-27-25-23-21-19-17-15-13-11-9-7-2/h8-11,14-17,20-23,26-29,32-35,37-38,40-41,43-44,50,52,56,58,62,64,82,86H,6-7,12-13,18-19,24-25,30-31,36,39,42,45-49,51,53-55,57,59-61,63,65-81H2,1-5H3/p+1/b10-8-,11-9-,16-14-,17-15-,22-20-,23-21-,28-26-,29-27-,34-32-,35-33-,38-37-,41-40-,44-43-,52-50-,58-56-,64-62-. The minimum atomic E-state index is -1.53. The second-order valence-corrected chi connectivity index (χ2v) is 25.5. The molecule has 0 aromatic rings. The number of hydrogen-bond donors (Lipinski definition) is 1. The van der Waals surface area contributed by atoms with Crippen LogP contribution in [-0.4, -0.2) is 87.4 Å². The average Bonchev–Trinajstić information content (AvgIpc) is 3.54. The number of carbonyl (C=O) groups excluding carboxylic acids is 2. The van der Waals surface area contributed by atoms with Crippen LogP contribution in [0.3, 0.4) is 0 Å². The zero-order chi connectivity index (χ0) is 69.0. The molecule has 0 aliphatic heterocycles. The van der Waals surface area contributed by atoms with Gasteiger partial charge in [-0.2, -0.15) is 0 Å². The van der Waals surface area contributed by atoms with Crippen LogP contribution in [-0.2, 0) is 33.3 Å². The maximum absolute atomic E-state index is 13.0. The summed E-state index contributed by atoms with van der Waals surface area (Å²) in [7, 11) is 5.96. The zero-order valence-electron chi connectivity index (χ0n) is 61.0.